The average Bonchev–Trinajstić information content (AvgIpc) is 2.65. The molecule has 0 fully saturated rings. The largest absolute Gasteiger partial charge is 0.495 e. The van der Waals surface area contributed by atoms with Crippen LogP contribution in [0.4, 0.5) is 0 Å². The molecule has 0 aliphatic carbocycles. The van der Waals surface area contributed by atoms with E-state index in [1.807, 2.05) is 11.4 Å². The summed E-state index contributed by atoms with van der Waals surface area (Å²) >= 11 is 1.52. The Morgan fingerprint density at radius 1 is 1.64 bits per heavy atom. The van der Waals surface area contributed by atoms with Gasteiger partial charge in [-0.1, -0.05) is 0 Å². The minimum Gasteiger partial charge on any atom is -0.495 e. The zero-order chi connectivity index (χ0) is 10.4. The summed E-state index contributed by atoms with van der Waals surface area (Å²) in [5.41, 5.74) is 0. The van der Waals surface area contributed by atoms with Gasteiger partial charge in [0.25, 0.3) is 0 Å². The Morgan fingerprint density at radius 2 is 2.43 bits per heavy atom. The van der Waals surface area contributed by atoms with E-state index in [1.165, 1.54) is 11.3 Å². The number of hydrogen-bond acceptors (Lipinski definition) is 3. The lowest BCUT2D eigenvalue weighted by Gasteiger charge is -2.08. The predicted molar refractivity (Wildman–Crippen MR) is 58.5 cm³/mol. The number of aliphatic hydroxyl groups excluding tert-OH is 1. The molecule has 0 radical (unpaired) electrons. The van der Waals surface area contributed by atoms with Gasteiger partial charge in [0.2, 0.25) is 0 Å². The molecule has 0 saturated heterocycles. The molecule has 1 unspecified atom stereocenters. The van der Waals surface area contributed by atoms with Crippen molar-refractivity contribution in [1.82, 2.24) is 0 Å². The Labute approximate surface area is 88.5 Å². The SMILES string of the molecule is CC#CCCC(O)c1sccc1OC. The van der Waals surface area contributed by atoms with Gasteiger partial charge in [0.05, 0.1) is 18.1 Å². The van der Waals surface area contributed by atoms with E-state index in [9.17, 15) is 5.11 Å². The number of ether oxygens (including phenoxy) is 1. The monoisotopic (exact) mass is 210 g/mol. The lowest BCUT2D eigenvalue weighted by atomic mass is 10.1. The van der Waals surface area contributed by atoms with Crippen LogP contribution in [0.3, 0.4) is 0 Å². The highest BCUT2D eigenvalue weighted by Crippen LogP contribution is 2.32. The van der Waals surface area contributed by atoms with Crippen LogP contribution in [0.15, 0.2) is 11.4 Å². The molecule has 3 heteroatoms. The standard InChI is InChI=1S/C11H14O2S/c1-3-4-5-6-9(12)11-10(13-2)7-8-14-11/h7-9,12H,5-6H2,1-2H3. The van der Waals surface area contributed by atoms with Gasteiger partial charge in [0.1, 0.15) is 5.75 Å². The fraction of sp³-hybridized carbons (Fsp3) is 0.455. The molecule has 0 aliphatic heterocycles. The highest BCUT2D eigenvalue weighted by Gasteiger charge is 2.13. The second-order valence-corrected chi connectivity index (χ2v) is 3.78. The molecule has 0 aliphatic rings. The first-order valence-corrected chi connectivity index (χ1v) is 5.36. The van der Waals surface area contributed by atoms with E-state index in [-0.39, 0.29) is 0 Å². The normalized spacial score (nSPS) is 11.6. The molecule has 0 saturated carbocycles. The number of aliphatic hydroxyl groups is 1. The molecule has 0 aromatic carbocycles. The van der Waals surface area contributed by atoms with Crippen molar-refractivity contribution >= 4 is 11.3 Å². The highest BCUT2D eigenvalue weighted by molar-refractivity contribution is 7.10. The summed E-state index contributed by atoms with van der Waals surface area (Å²) in [5.74, 6) is 6.51. The van der Waals surface area contributed by atoms with Gasteiger partial charge in [-0.15, -0.1) is 23.2 Å². The first kappa shape index (κ1) is 11.1. The van der Waals surface area contributed by atoms with E-state index < -0.39 is 6.10 Å². The molecular weight excluding hydrogens is 196 g/mol. The Kier molecular flexibility index (Phi) is 4.51. The van der Waals surface area contributed by atoms with Gasteiger partial charge in [-0.3, -0.25) is 0 Å². The maximum atomic E-state index is 9.81. The van der Waals surface area contributed by atoms with E-state index in [0.29, 0.717) is 6.42 Å². The molecule has 0 amide bonds. The summed E-state index contributed by atoms with van der Waals surface area (Å²) in [4.78, 5) is 0.894. The van der Waals surface area contributed by atoms with Crippen molar-refractivity contribution in [3.8, 4) is 17.6 Å². The summed E-state index contributed by atoms with van der Waals surface area (Å²) in [5, 5.41) is 11.7. The fourth-order valence-electron chi connectivity index (χ4n) is 1.19. The number of thiophene rings is 1. The van der Waals surface area contributed by atoms with E-state index >= 15 is 0 Å². The van der Waals surface area contributed by atoms with Crippen molar-refractivity contribution < 1.29 is 9.84 Å². The molecule has 1 aromatic heterocycles. The third-order valence-corrected chi connectivity index (χ3v) is 2.90. The van der Waals surface area contributed by atoms with Crippen LogP contribution in [-0.4, -0.2) is 12.2 Å². The summed E-state index contributed by atoms with van der Waals surface area (Å²) in [6.07, 6.45) is 0.932. The van der Waals surface area contributed by atoms with Crippen LogP contribution < -0.4 is 4.74 Å². The second kappa shape index (κ2) is 5.69. The quantitative estimate of drug-likeness (QED) is 0.774. The molecule has 0 spiro atoms. The van der Waals surface area contributed by atoms with Gasteiger partial charge in [-0.25, -0.2) is 0 Å². The van der Waals surface area contributed by atoms with Crippen LogP contribution in [0.1, 0.15) is 30.7 Å². The van der Waals surface area contributed by atoms with Crippen molar-refractivity contribution in [3.63, 3.8) is 0 Å². The minimum atomic E-state index is -0.453. The molecule has 14 heavy (non-hydrogen) atoms. The number of methoxy groups -OCH3 is 1. The zero-order valence-corrected chi connectivity index (χ0v) is 9.23. The van der Waals surface area contributed by atoms with Crippen molar-refractivity contribution in [1.29, 1.82) is 0 Å². The smallest absolute Gasteiger partial charge is 0.135 e. The molecule has 2 nitrogen and oxygen atoms in total. The van der Waals surface area contributed by atoms with E-state index in [0.717, 1.165) is 17.0 Å². The third kappa shape index (κ3) is 2.76. The van der Waals surface area contributed by atoms with Crippen molar-refractivity contribution in [2.45, 2.75) is 25.9 Å². The fourth-order valence-corrected chi connectivity index (χ4v) is 2.07. The van der Waals surface area contributed by atoms with Gasteiger partial charge in [-0.2, -0.15) is 0 Å². The lowest BCUT2D eigenvalue weighted by Crippen LogP contribution is -1.96. The molecule has 1 aromatic rings. The maximum absolute atomic E-state index is 9.81. The van der Waals surface area contributed by atoms with Crippen LogP contribution in [0.25, 0.3) is 0 Å². The van der Waals surface area contributed by atoms with Crippen molar-refractivity contribution in [2.24, 2.45) is 0 Å². The first-order valence-electron chi connectivity index (χ1n) is 4.48. The summed E-state index contributed by atoms with van der Waals surface area (Å²) in [7, 11) is 1.62. The molecule has 1 atom stereocenters. The molecule has 76 valence electrons. The zero-order valence-electron chi connectivity index (χ0n) is 8.41. The van der Waals surface area contributed by atoms with Crippen LogP contribution in [-0.2, 0) is 0 Å². The van der Waals surface area contributed by atoms with Crippen LogP contribution in [0.2, 0.25) is 0 Å². The highest BCUT2D eigenvalue weighted by atomic mass is 32.1. The lowest BCUT2D eigenvalue weighted by molar-refractivity contribution is 0.169. The van der Waals surface area contributed by atoms with E-state index in [4.69, 9.17) is 4.74 Å². The van der Waals surface area contributed by atoms with E-state index in [1.54, 1.807) is 14.0 Å². The first-order chi connectivity index (χ1) is 6.79. The number of hydrogen-bond donors (Lipinski definition) is 1. The van der Waals surface area contributed by atoms with Gasteiger partial charge in [0, 0.05) is 6.42 Å². The van der Waals surface area contributed by atoms with E-state index in [2.05, 4.69) is 11.8 Å². The summed E-state index contributed by atoms with van der Waals surface area (Å²) in [6, 6.07) is 1.87. The summed E-state index contributed by atoms with van der Waals surface area (Å²) in [6.45, 7) is 1.80. The Balaban J connectivity index is 2.58. The summed E-state index contributed by atoms with van der Waals surface area (Å²) < 4.78 is 5.13. The average molecular weight is 210 g/mol. The van der Waals surface area contributed by atoms with Crippen LogP contribution >= 0.6 is 11.3 Å². The Bertz CT molecular complexity index is 333. The molecule has 1 rings (SSSR count). The predicted octanol–water partition coefficient (Wildman–Crippen LogP) is 2.59. The topological polar surface area (TPSA) is 29.5 Å². The minimum absolute atomic E-state index is 0.453. The number of rotatable bonds is 4. The molecule has 1 heterocycles. The Hall–Kier alpha value is -0.980. The van der Waals surface area contributed by atoms with Crippen molar-refractivity contribution in [3.05, 3.63) is 16.3 Å². The van der Waals surface area contributed by atoms with Gasteiger partial charge in [0.15, 0.2) is 0 Å². The van der Waals surface area contributed by atoms with Gasteiger partial charge < -0.3 is 9.84 Å². The second-order valence-electron chi connectivity index (χ2n) is 2.83. The van der Waals surface area contributed by atoms with Gasteiger partial charge in [-0.05, 0) is 24.8 Å². The molecule has 0 bridgehead atoms. The van der Waals surface area contributed by atoms with Gasteiger partial charge >= 0.3 is 0 Å². The van der Waals surface area contributed by atoms with Crippen LogP contribution in [0, 0.1) is 11.8 Å². The molecule has 1 N–H and O–H groups in total. The third-order valence-electron chi connectivity index (χ3n) is 1.90. The Morgan fingerprint density at radius 3 is 3.07 bits per heavy atom. The molecular formula is C11H14O2S. The maximum Gasteiger partial charge on any atom is 0.135 e. The van der Waals surface area contributed by atoms with Crippen molar-refractivity contribution in [2.75, 3.05) is 7.11 Å². The van der Waals surface area contributed by atoms with Crippen LogP contribution in [0.5, 0.6) is 5.75 Å².